The first kappa shape index (κ1) is 26.0. The molecule has 0 aliphatic carbocycles. The Balaban J connectivity index is 0.00000420. The minimum atomic E-state index is -0.449. The maximum Gasteiger partial charge on any atom is 0.410 e. The number of thiophene rings is 1. The molecule has 0 aromatic carbocycles. The second kappa shape index (κ2) is 12.6. The van der Waals surface area contributed by atoms with Gasteiger partial charge in [0.2, 0.25) is 0 Å². The van der Waals surface area contributed by atoms with E-state index in [0.717, 1.165) is 51.4 Å². The smallest absolute Gasteiger partial charge is 0.410 e. The first-order valence-electron chi connectivity index (χ1n) is 10.3. The van der Waals surface area contributed by atoms with E-state index in [4.69, 9.17) is 4.74 Å². The van der Waals surface area contributed by atoms with Crippen molar-refractivity contribution in [3.05, 3.63) is 22.4 Å². The van der Waals surface area contributed by atoms with Crippen LogP contribution >= 0.6 is 35.3 Å². The van der Waals surface area contributed by atoms with E-state index in [1.54, 1.807) is 11.3 Å². The number of halogens is 1. The minimum absolute atomic E-state index is 0. The Morgan fingerprint density at radius 3 is 2.59 bits per heavy atom. The minimum Gasteiger partial charge on any atom is -0.444 e. The summed E-state index contributed by atoms with van der Waals surface area (Å²) >= 11 is 1.74. The molecule has 0 spiro atoms. The van der Waals surface area contributed by atoms with Crippen LogP contribution in [0.4, 0.5) is 4.79 Å². The van der Waals surface area contributed by atoms with Crippen LogP contribution in [-0.2, 0) is 11.2 Å². The molecule has 6 nitrogen and oxygen atoms in total. The van der Waals surface area contributed by atoms with Crippen LogP contribution < -0.4 is 5.32 Å². The molecule has 1 aliphatic rings. The van der Waals surface area contributed by atoms with Crippen molar-refractivity contribution in [2.75, 3.05) is 39.8 Å². The Morgan fingerprint density at radius 2 is 2.07 bits per heavy atom. The van der Waals surface area contributed by atoms with Gasteiger partial charge in [0.15, 0.2) is 5.96 Å². The van der Waals surface area contributed by atoms with Crippen molar-refractivity contribution >= 4 is 47.4 Å². The van der Waals surface area contributed by atoms with Crippen LogP contribution in [0.2, 0.25) is 0 Å². The molecule has 1 N–H and O–H groups in total. The van der Waals surface area contributed by atoms with E-state index in [1.165, 1.54) is 5.56 Å². The van der Waals surface area contributed by atoms with Crippen LogP contribution in [0.15, 0.2) is 21.8 Å². The number of carbonyl (C=O) groups excluding carboxylic acids is 1. The van der Waals surface area contributed by atoms with E-state index in [1.807, 2.05) is 39.6 Å². The maximum atomic E-state index is 12.4. The van der Waals surface area contributed by atoms with Crippen LogP contribution in [0.25, 0.3) is 0 Å². The van der Waals surface area contributed by atoms with E-state index >= 15 is 0 Å². The van der Waals surface area contributed by atoms with Gasteiger partial charge in [0.1, 0.15) is 5.60 Å². The van der Waals surface area contributed by atoms with Gasteiger partial charge in [-0.2, -0.15) is 11.3 Å². The first-order valence-corrected chi connectivity index (χ1v) is 11.2. The number of rotatable bonds is 6. The molecule has 1 aliphatic heterocycles. The van der Waals surface area contributed by atoms with Gasteiger partial charge in [0.05, 0.1) is 0 Å². The van der Waals surface area contributed by atoms with Gasteiger partial charge in [0.25, 0.3) is 0 Å². The molecule has 1 amide bonds. The molecule has 29 heavy (non-hydrogen) atoms. The summed E-state index contributed by atoms with van der Waals surface area (Å²) in [5, 5.41) is 7.80. The topological polar surface area (TPSA) is 57.2 Å². The zero-order valence-corrected chi connectivity index (χ0v) is 21.6. The number of nitrogens with one attached hydrogen (secondary N) is 1. The lowest BCUT2D eigenvalue weighted by molar-refractivity contribution is 0.0214. The summed E-state index contributed by atoms with van der Waals surface area (Å²) in [6, 6.07) is 2.17. The SMILES string of the molecule is CCN(CC1CCN(C(=NC)NCCc2ccsc2)CC1)C(=O)OC(C)(C)C.I. The predicted molar refractivity (Wildman–Crippen MR) is 133 cm³/mol. The van der Waals surface area contributed by atoms with Gasteiger partial charge in [-0.05, 0) is 75.3 Å². The number of guanidine groups is 1. The monoisotopic (exact) mass is 536 g/mol. The van der Waals surface area contributed by atoms with Crippen molar-refractivity contribution < 1.29 is 9.53 Å². The Labute approximate surface area is 197 Å². The highest BCUT2D eigenvalue weighted by molar-refractivity contribution is 14.0. The number of piperidine rings is 1. The lowest BCUT2D eigenvalue weighted by Gasteiger charge is -2.36. The summed E-state index contributed by atoms with van der Waals surface area (Å²) in [5.74, 6) is 1.49. The third-order valence-corrected chi connectivity index (χ3v) is 5.65. The van der Waals surface area contributed by atoms with Crippen molar-refractivity contribution in [3.63, 3.8) is 0 Å². The van der Waals surface area contributed by atoms with E-state index in [9.17, 15) is 4.79 Å². The lowest BCUT2D eigenvalue weighted by atomic mass is 9.96. The Bertz CT molecular complexity index is 623. The number of hydrogen-bond donors (Lipinski definition) is 1. The molecule has 1 aromatic rings. The molecule has 1 aromatic heterocycles. The summed E-state index contributed by atoms with van der Waals surface area (Å²) in [5.41, 5.74) is 0.920. The third-order valence-electron chi connectivity index (χ3n) is 4.91. The van der Waals surface area contributed by atoms with E-state index < -0.39 is 5.60 Å². The first-order chi connectivity index (χ1) is 13.3. The second-order valence-corrected chi connectivity index (χ2v) is 9.09. The molecule has 0 bridgehead atoms. The second-order valence-electron chi connectivity index (χ2n) is 8.30. The van der Waals surface area contributed by atoms with Crippen molar-refractivity contribution in [1.29, 1.82) is 0 Å². The largest absolute Gasteiger partial charge is 0.444 e. The van der Waals surface area contributed by atoms with Gasteiger partial charge in [-0.25, -0.2) is 4.79 Å². The molecule has 2 heterocycles. The normalized spacial score (nSPS) is 15.6. The van der Waals surface area contributed by atoms with Crippen molar-refractivity contribution in [3.8, 4) is 0 Å². The van der Waals surface area contributed by atoms with Gasteiger partial charge in [0, 0.05) is 39.8 Å². The molecule has 0 unspecified atom stereocenters. The summed E-state index contributed by atoms with van der Waals surface area (Å²) in [6.45, 7) is 12.0. The van der Waals surface area contributed by atoms with Crippen molar-refractivity contribution in [1.82, 2.24) is 15.1 Å². The lowest BCUT2D eigenvalue weighted by Crippen LogP contribution is -2.48. The number of amides is 1. The molecular formula is C21H37IN4O2S. The summed E-state index contributed by atoms with van der Waals surface area (Å²) < 4.78 is 5.53. The van der Waals surface area contributed by atoms with Gasteiger partial charge in [-0.1, -0.05) is 0 Å². The molecule has 2 rings (SSSR count). The Kier molecular flexibility index (Phi) is 11.3. The van der Waals surface area contributed by atoms with Crippen LogP contribution in [0, 0.1) is 5.92 Å². The zero-order chi connectivity index (χ0) is 20.6. The highest BCUT2D eigenvalue weighted by Gasteiger charge is 2.27. The number of hydrogen-bond acceptors (Lipinski definition) is 4. The van der Waals surface area contributed by atoms with E-state index in [-0.39, 0.29) is 30.1 Å². The standard InChI is InChI=1S/C21H36N4O2S.HI/c1-6-24(20(26)27-21(2,3)4)15-17-8-12-25(13-9-17)19(22-5)23-11-7-18-10-14-28-16-18;/h10,14,16-17H,6-9,11-13,15H2,1-5H3,(H,22,23);1H. The van der Waals surface area contributed by atoms with Crippen molar-refractivity contribution in [2.24, 2.45) is 10.9 Å². The Morgan fingerprint density at radius 1 is 1.38 bits per heavy atom. The fraction of sp³-hybridized carbons (Fsp3) is 0.714. The molecule has 1 fully saturated rings. The highest BCUT2D eigenvalue weighted by atomic mass is 127. The van der Waals surface area contributed by atoms with Crippen LogP contribution in [0.5, 0.6) is 0 Å². The molecule has 0 radical (unpaired) electrons. The number of ether oxygens (including phenoxy) is 1. The van der Waals surface area contributed by atoms with E-state index in [0.29, 0.717) is 12.5 Å². The molecule has 0 atom stereocenters. The van der Waals surface area contributed by atoms with Crippen LogP contribution in [0.3, 0.4) is 0 Å². The van der Waals surface area contributed by atoms with Crippen LogP contribution in [-0.4, -0.2) is 67.2 Å². The number of likely N-dealkylation sites (tertiary alicyclic amines) is 1. The zero-order valence-electron chi connectivity index (χ0n) is 18.4. The fourth-order valence-corrected chi connectivity index (χ4v) is 4.09. The van der Waals surface area contributed by atoms with E-state index in [2.05, 4.69) is 32.0 Å². The summed E-state index contributed by atoms with van der Waals surface area (Å²) in [7, 11) is 1.85. The highest BCUT2D eigenvalue weighted by Crippen LogP contribution is 2.20. The third kappa shape index (κ3) is 9.11. The number of carbonyl (C=O) groups is 1. The summed E-state index contributed by atoms with van der Waals surface area (Å²) in [6.07, 6.45) is 2.93. The average Bonchev–Trinajstić information content (AvgIpc) is 3.16. The van der Waals surface area contributed by atoms with Crippen molar-refractivity contribution in [2.45, 2.75) is 52.6 Å². The van der Waals surface area contributed by atoms with Gasteiger partial charge >= 0.3 is 6.09 Å². The van der Waals surface area contributed by atoms with Gasteiger partial charge < -0.3 is 19.9 Å². The predicted octanol–water partition coefficient (Wildman–Crippen LogP) is 4.45. The van der Waals surface area contributed by atoms with Gasteiger partial charge in [-0.15, -0.1) is 24.0 Å². The average molecular weight is 537 g/mol. The maximum absolute atomic E-state index is 12.4. The summed E-state index contributed by atoms with van der Waals surface area (Å²) in [4.78, 5) is 21.0. The van der Waals surface area contributed by atoms with Gasteiger partial charge in [-0.3, -0.25) is 4.99 Å². The molecule has 1 saturated heterocycles. The van der Waals surface area contributed by atoms with Crippen LogP contribution in [0.1, 0.15) is 46.1 Å². The number of aliphatic imine (C=N–C) groups is 1. The fourth-order valence-electron chi connectivity index (χ4n) is 3.38. The molecule has 8 heteroatoms. The molecule has 0 saturated carbocycles. The molecular weight excluding hydrogens is 499 g/mol. The Hall–Kier alpha value is -1.03. The molecule has 166 valence electrons. The number of nitrogens with zero attached hydrogens (tertiary/aromatic N) is 3. The quantitative estimate of drug-likeness (QED) is 0.332.